The smallest absolute Gasteiger partial charge is 0.191 e. The van der Waals surface area contributed by atoms with E-state index in [1.165, 1.54) is 6.42 Å². The van der Waals surface area contributed by atoms with Crippen LogP contribution in [0.4, 0.5) is 0 Å². The van der Waals surface area contributed by atoms with Crippen LogP contribution >= 0.6 is 11.6 Å². The minimum absolute atomic E-state index is 0.376. The number of aliphatic imine (C=N–C) groups is 1. The summed E-state index contributed by atoms with van der Waals surface area (Å²) in [4.78, 5) is 8.38. The summed E-state index contributed by atoms with van der Waals surface area (Å²) < 4.78 is 6.08. The second-order valence-corrected chi connectivity index (χ2v) is 6.76. The Bertz CT molecular complexity index is 729. The fourth-order valence-corrected chi connectivity index (χ4v) is 2.82. The fraction of sp³-hybridized carbons (Fsp3) is 0.400. The lowest BCUT2D eigenvalue weighted by Crippen LogP contribution is -2.38. The van der Waals surface area contributed by atoms with E-state index in [2.05, 4.69) is 26.7 Å². The molecule has 1 aromatic carbocycles. The first kappa shape index (κ1) is 18.5. The maximum atomic E-state index is 6.08. The quantitative estimate of drug-likeness (QED) is 0.443. The molecule has 1 aromatic heterocycles. The summed E-state index contributed by atoms with van der Waals surface area (Å²) in [5, 5.41) is 7.19. The number of rotatable bonds is 7. The van der Waals surface area contributed by atoms with E-state index in [0.29, 0.717) is 17.8 Å². The molecule has 0 saturated heterocycles. The Kier molecular flexibility index (Phi) is 6.72. The SMILES string of the molecule is CN=C(NCCc1ccc(Cl)nc1)NCc1ccccc1OC1CCC1. The van der Waals surface area contributed by atoms with Gasteiger partial charge in [0, 0.05) is 31.9 Å². The lowest BCUT2D eigenvalue weighted by Gasteiger charge is -2.27. The zero-order valence-corrected chi connectivity index (χ0v) is 15.8. The van der Waals surface area contributed by atoms with Gasteiger partial charge >= 0.3 is 0 Å². The summed E-state index contributed by atoms with van der Waals surface area (Å²) in [5.74, 6) is 1.73. The Morgan fingerprint density at radius 3 is 2.77 bits per heavy atom. The van der Waals surface area contributed by atoms with Crippen molar-refractivity contribution in [3.63, 3.8) is 0 Å². The summed E-state index contributed by atoms with van der Waals surface area (Å²) >= 11 is 5.81. The minimum atomic E-state index is 0.376. The molecular weight excluding hydrogens is 348 g/mol. The molecule has 5 nitrogen and oxygen atoms in total. The van der Waals surface area contributed by atoms with Crippen molar-refractivity contribution in [2.75, 3.05) is 13.6 Å². The van der Waals surface area contributed by atoms with Crippen LogP contribution < -0.4 is 15.4 Å². The average Bonchev–Trinajstić information content (AvgIpc) is 2.63. The molecule has 0 unspecified atom stereocenters. The number of hydrogen-bond acceptors (Lipinski definition) is 3. The molecule has 0 atom stereocenters. The van der Waals surface area contributed by atoms with E-state index < -0.39 is 0 Å². The largest absolute Gasteiger partial charge is 0.490 e. The number of nitrogens with zero attached hydrogens (tertiary/aromatic N) is 2. The van der Waals surface area contributed by atoms with Crippen LogP contribution in [0.25, 0.3) is 0 Å². The Labute approximate surface area is 159 Å². The van der Waals surface area contributed by atoms with E-state index >= 15 is 0 Å². The highest BCUT2D eigenvalue weighted by molar-refractivity contribution is 6.29. The summed E-state index contributed by atoms with van der Waals surface area (Å²) in [6.07, 6.45) is 6.61. The topological polar surface area (TPSA) is 58.5 Å². The van der Waals surface area contributed by atoms with Crippen molar-refractivity contribution in [2.45, 2.75) is 38.3 Å². The number of halogens is 1. The van der Waals surface area contributed by atoms with Gasteiger partial charge in [0.2, 0.25) is 0 Å². The molecule has 1 aliphatic carbocycles. The first-order valence-electron chi connectivity index (χ1n) is 9.04. The molecule has 0 spiro atoms. The van der Waals surface area contributed by atoms with E-state index in [9.17, 15) is 0 Å². The second-order valence-electron chi connectivity index (χ2n) is 6.37. The van der Waals surface area contributed by atoms with Gasteiger partial charge in [-0.1, -0.05) is 35.9 Å². The summed E-state index contributed by atoms with van der Waals surface area (Å²) in [6.45, 7) is 1.44. The molecule has 0 amide bonds. The number of nitrogens with one attached hydrogen (secondary N) is 2. The van der Waals surface area contributed by atoms with Gasteiger partial charge in [-0.2, -0.15) is 0 Å². The molecule has 6 heteroatoms. The second kappa shape index (κ2) is 9.43. The zero-order chi connectivity index (χ0) is 18.2. The lowest BCUT2D eigenvalue weighted by molar-refractivity contribution is 0.119. The Morgan fingerprint density at radius 1 is 1.23 bits per heavy atom. The molecule has 0 radical (unpaired) electrons. The third-order valence-corrected chi connectivity index (χ3v) is 4.71. The van der Waals surface area contributed by atoms with Gasteiger partial charge in [-0.25, -0.2) is 4.98 Å². The summed E-state index contributed by atoms with van der Waals surface area (Å²) in [5.41, 5.74) is 2.28. The van der Waals surface area contributed by atoms with Gasteiger partial charge < -0.3 is 15.4 Å². The molecule has 138 valence electrons. The first-order valence-corrected chi connectivity index (χ1v) is 9.42. The van der Waals surface area contributed by atoms with Gasteiger partial charge in [-0.05, 0) is 43.4 Å². The van der Waals surface area contributed by atoms with Crippen LogP contribution in [0, 0.1) is 0 Å². The molecule has 3 rings (SSSR count). The molecule has 1 heterocycles. The van der Waals surface area contributed by atoms with E-state index in [0.717, 1.165) is 48.6 Å². The van der Waals surface area contributed by atoms with E-state index in [1.807, 2.05) is 30.3 Å². The van der Waals surface area contributed by atoms with Gasteiger partial charge in [0.15, 0.2) is 5.96 Å². The molecule has 1 saturated carbocycles. The number of hydrogen-bond donors (Lipinski definition) is 2. The van der Waals surface area contributed by atoms with Crippen molar-refractivity contribution in [3.8, 4) is 5.75 Å². The average molecular weight is 373 g/mol. The third-order valence-electron chi connectivity index (χ3n) is 4.48. The zero-order valence-electron chi connectivity index (χ0n) is 15.0. The number of benzene rings is 1. The van der Waals surface area contributed by atoms with Gasteiger partial charge in [-0.3, -0.25) is 4.99 Å². The Balaban J connectivity index is 1.47. The minimum Gasteiger partial charge on any atom is -0.490 e. The van der Waals surface area contributed by atoms with Crippen molar-refractivity contribution < 1.29 is 4.74 Å². The Morgan fingerprint density at radius 2 is 2.08 bits per heavy atom. The predicted octanol–water partition coefficient (Wildman–Crippen LogP) is 3.57. The van der Waals surface area contributed by atoms with Crippen LogP contribution in [-0.2, 0) is 13.0 Å². The van der Waals surface area contributed by atoms with Crippen molar-refractivity contribution in [1.29, 1.82) is 0 Å². The molecule has 1 aliphatic rings. The van der Waals surface area contributed by atoms with Crippen LogP contribution in [0.2, 0.25) is 5.15 Å². The number of aromatic nitrogens is 1. The Hall–Kier alpha value is -2.27. The molecular formula is C20H25ClN4O. The first-order chi connectivity index (χ1) is 12.7. The molecule has 0 bridgehead atoms. The van der Waals surface area contributed by atoms with Gasteiger partial charge in [-0.15, -0.1) is 0 Å². The van der Waals surface area contributed by atoms with Gasteiger partial charge in [0.25, 0.3) is 0 Å². The lowest BCUT2D eigenvalue weighted by atomic mass is 9.96. The summed E-state index contributed by atoms with van der Waals surface area (Å²) in [6, 6.07) is 12.0. The van der Waals surface area contributed by atoms with Gasteiger partial charge in [0.1, 0.15) is 10.9 Å². The fourth-order valence-electron chi connectivity index (χ4n) is 2.71. The van der Waals surface area contributed by atoms with E-state index in [-0.39, 0.29) is 0 Å². The maximum Gasteiger partial charge on any atom is 0.191 e. The van der Waals surface area contributed by atoms with Crippen LogP contribution in [-0.4, -0.2) is 30.6 Å². The van der Waals surface area contributed by atoms with Crippen LogP contribution in [0.3, 0.4) is 0 Å². The van der Waals surface area contributed by atoms with Gasteiger partial charge in [0.05, 0.1) is 6.10 Å². The van der Waals surface area contributed by atoms with E-state index in [1.54, 1.807) is 13.2 Å². The van der Waals surface area contributed by atoms with Crippen molar-refractivity contribution >= 4 is 17.6 Å². The number of ether oxygens (including phenoxy) is 1. The number of para-hydroxylation sites is 1. The molecule has 2 N–H and O–H groups in total. The van der Waals surface area contributed by atoms with E-state index in [4.69, 9.17) is 16.3 Å². The highest BCUT2D eigenvalue weighted by atomic mass is 35.5. The number of guanidine groups is 1. The maximum absolute atomic E-state index is 6.08. The molecule has 1 fully saturated rings. The van der Waals surface area contributed by atoms with Crippen molar-refractivity contribution in [2.24, 2.45) is 4.99 Å². The third kappa shape index (κ3) is 5.36. The monoisotopic (exact) mass is 372 g/mol. The standard InChI is InChI=1S/C20H25ClN4O/c1-22-20(23-12-11-15-9-10-19(21)24-13-15)25-14-16-5-2-3-8-18(16)26-17-6-4-7-17/h2-3,5,8-10,13,17H,4,6-7,11-12,14H2,1H3,(H2,22,23,25). The van der Waals surface area contributed by atoms with Crippen LogP contribution in [0.1, 0.15) is 30.4 Å². The molecule has 0 aliphatic heterocycles. The molecule has 2 aromatic rings. The highest BCUT2D eigenvalue weighted by Gasteiger charge is 2.20. The van der Waals surface area contributed by atoms with Crippen molar-refractivity contribution in [1.82, 2.24) is 15.6 Å². The summed E-state index contributed by atoms with van der Waals surface area (Å²) in [7, 11) is 1.77. The molecule has 26 heavy (non-hydrogen) atoms. The van der Waals surface area contributed by atoms with Crippen molar-refractivity contribution in [3.05, 3.63) is 58.9 Å². The number of pyridine rings is 1. The predicted molar refractivity (Wildman–Crippen MR) is 106 cm³/mol. The normalized spacial score (nSPS) is 14.6. The highest BCUT2D eigenvalue weighted by Crippen LogP contribution is 2.27. The van der Waals surface area contributed by atoms with Crippen LogP contribution in [0.15, 0.2) is 47.6 Å². The van der Waals surface area contributed by atoms with Crippen LogP contribution in [0.5, 0.6) is 5.75 Å².